The Morgan fingerprint density at radius 2 is 1.48 bits per heavy atom. The summed E-state index contributed by atoms with van der Waals surface area (Å²) >= 11 is 3.51. The van der Waals surface area contributed by atoms with Crippen molar-refractivity contribution in [1.29, 1.82) is 0 Å². The van der Waals surface area contributed by atoms with Crippen LogP contribution < -0.4 is 4.90 Å². The lowest BCUT2D eigenvalue weighted by molar-refractivity contribution is 0.474. The first-order chi connectivity index (χ1) is 16.0. The molecule has 0 aliphatic carbocycles. The van der Waals surface area contributed by atoms with Crippen molar-refractivity contribution >= 4 is 44.9 Å². The average Bonchev–Trinajstić information content (AvgIpc) is 2.84. The molecule has 164 valence electrons. The molecule has 0 fully saturated rings. The lowest BCUT2D eigenvalue weighted by Crippen LogP contribution is -2.08. The van der Waals surface area contributed by atoms with E-state index < -0.39 is 0 Å². The van der Waals surface area contributed by atoms with E-state index >= 15 is 0 Å². The van der Waals surface area contributed by atoms with Gasteiger partial charge in [0.25, 0.3) is 0 Å². The van der Waals surface area contributed by atoms with Gasteiger partial charge in [-0.05, 0) is 48.0 Å². The molecule has 4 aromatic carbocycles. The Labute approximate surface area is 202 Å². The first-order valence-electron chi connectivity index (χ1n) is 10.5. The van der Waals surface area contributed by atoms with Crippen LogP contribution in [0.2, 0.25) is 0 Å². The second kappa shape index (κ2) is 10.3. The van der Waals surface area contributed by atoms with Gasteiger partial charge in [-0.1, -0.05) is 70.5 Å². The fraction of sp³-hybridized carbons (Fsp3) is 0.0714. The van der Waals surface area contributed by atoms with Gasteiger partial charge < -0.3 is 10.0 Å². The molecule has 1 N–H and O–H groups in total. The van der Waals surface area contributed by atoms with Gasteiger partial charge in [-0.3, -0.25) is 4.99 Å². The van der Waals surface area contributed by atoms with Crippen LogP contribution in [0.15, 0.2) is 112 Å². The van der Waals surface area contributed by atoms with Crippen LogP contribution in [0.25, 0.3) is 0 Å². The summed E-state index contributed by atoms with van der Waals surface area (Å²) in [6, 6.07) is 31.2. The standard InChI is InChI=1S/C28H24BrN3O/c1-32(2)23-15-12-20(13-16-23)19-30-25-10-6-7-11-26(25)31-28(21-8-4-3-5-9-21)24-18-22(29)14-17-27(24)33/h3-19,33H,1-2H3. The van der Waals surface area contributed by atoms with Crippen LogP contribution in [0.5, 0.6) is 5.75 Å². The molecule has 4 rings (SSSR count). The minimum Gasteiger partial charge on any atom is -0.507 e. The van der Waals surface area contributed by atoms with E-state index in [0.717, 1.165) is 32.7 Å². The van der Waals surface area contributed by atoms with Gasteiger partial charge in [-0.15, -0.1) is 0 Å². The molecule has 0 bridgehead atoms. The number of phenolic OH excluding ortho intramolecular Hbond substituents is 1. The molecular weight excluding hydrogens is 474 g/mol. The zero-order chi connectivity index (χ0) is 23.2. The maximum absolute atomic E-state index is 10.6. The minimum absolute atomic E-state index is 0.169. The Balaban J connectivity index is 1.77. The van der Waals surface area contributed by atoms with E-state index in [1.807, 2.05) is 93.1 Å². The average molecular weight is 498 g/mol. The van der Waals surface area contributed by atoms with E-state index in [0.29, 0.717) is 11.3 Å². The van der Waals surface area contributed by atoms with E-state index in [1.54, 1.807) is 12.1 Å². The van der Waals surface area contributed by atoms with Gasteiger partial charge in [0.15, 0.2) is 0 Å². The van der Waals surface area contributed by atoms with Gasteiger partial charge in [0.2, 0.25) is 0 Å². The maximum atomic E-state index is 10.6. The smallest absolute Gasteiger partial charge is 0.125 e. The van der Waals surface area contributed by atoms with Gasteiger partial charge in [-0.2, -0.15) is 0 Å². The largest absolute Gasteiger partial charge is 0.507 e. The Kier molecular flexibility index (Phi) is 7.01. The van der Waals surface area contributed by atoms with Gasteiger partial charge in [0, 0.05) is 41.6 Å². The highest BCUT2D eigenvalue weighted by Crippen LogP contribution is 2.32. The number of benzene rings is 4. The van der Waals surface area contributed by atoms with Crippen molar-refractivity contribution < 1.29 is 5.11 Å². The predicted octanol–water partition coefficient (Wildman–Crippen LogP) is 7.14. The van der Waals surface area contributed by atoms with Gasteiger partial charge in [-0.25, -0.2) is 4.99 Å². The van der Waals surface area contributed by atoms with E-state index in [4.69, 9.17) is 9.98 Å². The molecule has 0 unspecified atom stereocenters. The zero-order valence-electron chi connectivity index (χ0n) is 18.5. The second-order valence-electron chi connectivity index (χ2n) is 7.72. The molecule has 0 aliphatic rings. The highest BCUT2D eigenvalue weighted by Gasteiger charge is 2.13. The topological polar surface area (TPSA) is 48.2 Å². The fourth-order valence-electron chi connectivity index (χ4n) is 3.37. The number of hydrogen-bond acceptors (Lipinski definition) is 4. The minimum atomic E-state index is 0.169. The van der Waals surface area contributed by atoms with E-state index in [-0.39, 0.29) is 5.75 Å². The zero-order valence-corrected chi connectivity index (χ0v) is 20.1. The number of hydrogen-bond donors (Lipinski definition) is 1. The molecule has 0 aromatic heterocycles. The first kappa shape index (κ1) is 22.5. The van der Waals surface area contributed by atoms with Crippen LogP contribution in [-0.2, 0) is 0 Å². The van der Waals surface area contributed by atoms with Crippen molar-refractivity contribution in [1.82, 2.24) is 0 Å². The van der Waals surface area contributed by atoms with Gasteiger partial charge >= 0.3 is 0 Å². The third-order valence-corrected chi connectivity index (χ3v) is 5.63. The predicted molar refractivity (Wildman–Crippen MR) is 142 cm³/mol. The van der Waals surface area contributed by atoms with E-state index in [9.17, 15) is 5.11 Å². The number of nitrogens with zero attached hydrogens (tertiary/aromatic N) is 3. The summed E-state index contributed by atoms with van der Waals surface area (Å²) in [5.74, 6) is 0.169. The molecule has 0 saturated carbocycles. The van der Waals surface area contributed by atoms with Crippen molar-refractivity contribution in [3.63, 3.8) is 0 Å². The molecular formula is C28H24BrN3O. The lowest BCUT2D eigenvalue weighted by Gasteiger charge is -2.12. The van der Waals surface area contributed by atoms with Crippen LogP contribution in [0, 0.1) is 0 Å². The van der Waals surface area contributed by atoms with Crippen LogP contribution >= 0.6 is 15.9 Å². The highest BCUT2D eigenvalue weighted by atomic mass is 79.9. The third kappa shape index (κ3) is 5.57. The summed E-state index contributed by atoms with van der Waals surface area (Å²) in [4.78, 5) is 11.7. The second-order valence-corrected chi connectivity index (χ2v) is 8.64. The number of phenols is 1. The molecule has 0 radical (unpaired) electrons. The van der Waals surface area contributed by atoms with Crippen molar-refractivity contribution in [2.24, 2.45) is 9.98 Å². The lowest BCUT2D eigenvalue weighted by atomic mass is 10.0. The molecule has 0 heterocycles. The van der Waals surface area contributed by atoms with Crippen LogP contribution in [0.1, 0.15) is 16.7 Å². The number of aromatic hydroxyl groups is 1. The third-order valence-electron chi connectivity index (χ3n) is 5.14. The summed E-state index contributed by atoms with van der Waals surface area (Å²) in [5, 5.41) is 10.6. The first-order valence-corrected chi connectivity index (χ1v) is 11.3. The quantitative estimate of drug-likeness (QED) is 0.287. The molecule has 0 saturated heterocycles. The Morgan fingerprint density at radius 1 is 0.818 bits per heavy atom. The monoisotopic (exact) mass is 497 g/mol. The highest BCUT2D eigenvalue weighted by molar-refractivity contribution is 9.10. The summed E-state index contributed by atoms with van der Waals surface area (Å²) in [6.07, 6.45) is 1.84. The molecule has 4 nitrogen and oxygen atoms in total. The van der Waals surface area contributed by atoms with Crippen molar-refractivity contribution in [2.75, 3.05) is 19.0 Å². The molecule has 0 amide bonds. The molecule has 0 spiro atoms. The SMILES string of the molecule is CN(C)c1ccc(C=Nc2ccccc2N=C(c2ccccc2)c2cc(Br)ccc2O)cc1. The number of aliphatic imine (C=N–C) groups is 2. The summed E-state index contributed by atoms with van der Waals surface area (Å²) in [5.41, 5.74) is 5.84. The molecule has 0 atom stereocenters. The molecule has 5 heteroatoms. The van der Waals surface area contributed by atoms with Crippen molar-refractivity contribution in [3.05, 3.63) is 118 Å². The molecule has 0 aliphatic heterocycles. The normalized spacial score (nSPS) is 11.7. The van der Waals surface area contributed by atoms with Crippen LogP contribution in [0.4, 0.5) is 17.1 Å². The Morgan fingerprint density at radius 3 is 2.18 bits per heavy atom. The number of para-hydroxylation sites is 2. The maximum Gasteiger partial charge on any atom is 0.125 e. The number of anilines is 1. The van der Waals surface area contributed by atoms with E-state index in [1.165, 1.54) is 0 Å². The Bertz CT molecular complexity index is 1300. The summed E-state index contributed by atoms with van der Waals surface area (Å²) in [6.45, 7) is 0. The molecule has 33 heavy (non-hydrogen) atoms. The van der Waals surface area contributed by atoms with Gasteiger partial charge in [0.1, 0.15) is 5.75 Å². The molecule has 4 aromatic rings. The number of halogens is 1. The van der Waals surface area contributed by atoms with E-state index in [2.05, 4.69) is 33.0 Å². The number of rotatable bonds is 6. The van der Waals surface area contributed by atoms with Crippen molar-refractivity contribution in [3.8, 4) is 5.75 Å². The Hall–Kier alpha value is -3.70. The summed E-state index contributed by atoms with van der Waals surface area (Å²) in [7, 11) is 4.04. The van der Waals surface area contributed by atoms with Crippen molar-refractivity contribution in [2.45, 2.75) is 0 Å². The van der Waals surface area contributed by atoms with Crippen LogP contribution in [0.3, 0.4) is 0 Å². The van der Waals surface area contributed by atoms with Crippen LogP contribution in [-0.4, -0.2) is 31.1 Å². The van der Waals surface area contributed by atoms with Gasteiger partial charge in [0.05, 0.1) is 17.1 Å². The fourth-order valence-corrected chi connectivity index (χ4v) is 3.73. The summed E-state index contributed by atoms with van der Waals surface area (Å²) < 4.78 is 0.867.